The predicted octanol–water partition coefficient (Wildman–Crippen LogP) is 3.35. The molecule has 0 aromatic carbocycles. The van der Waals surface area contributed by atoms with Crippen LogP contribution in [-0.2, 0) is 0 Å². The first-order valence-corrected chi connectivity index (χ1v) is 6.41. The van der Waals surface area contributed by atoms with Crippen LogP contribution in [0.25, 0.3) is 0 Å². The molecule has 0 aliphatic heterocycles. The fraction of sp³-hybridized carbons (Fsp3) is 0.643. The van der Waals surface area contributed by atoms with Gasteiger partial charge in [0.05, 0.1) is 6.20 Å². The maximum Gasteiger partial charge on any atom is 0.141 e. The van der Waals surface area contributed by atoms with E-state index in [4.69, 9.17) is 0 Å². The van der Waals surface area contributed by atoms with E-state index < -0.39 is 0 Å². The van der Waals surface area contributed by atoms with Crippen LogP contribution >= 0.6 is 0 Å². The zero-order valence-electron chi connectivity index (χ0n) is 11.2. The zero-order chi connectivity index (χ0) is 12.8. The van der Waals surface area contributed by atoms with Gasteiger partial charge in [-0.25, -0.2) is 4.39 Å². The molecule has 0 aliphatic carbocycles. The second kappa shape index (κ2) is 6.70. The first kappa shape index (κ1) is 14.1. The first-order chi connectivity index (χ1) is 8.06. The number of nitrogens with zero attached hydrogens (tertiary/aromatic N) is 1. The standard InChI is InChI=1S/C14H23FN2/c1-5-8-16-11(4)14(10(2)3)13-7-6-12(15)9-17-13/h6-7,9-11,14,16H,5,8H2,1-4H3. The summed E-state index contributed by atoms with van der Waals surface area (Å²) >= 11 is 0. The molecule has 1 rings (SSSR count). The topological polar surface area (TPSA) is 24.9 Å². The summed E-state index contributed by atoms with van der Waals surface area (Å²) in [5.74, 6) is 0.528. The second-order valence-corrected chi connectivity index (χ2v) is 4.91. The molecule has 1 heterocycles. The lowest BCUT2D eigenvalue weighted by atomic mass is 9.86. The Labute approximate surface area is 104 Å². The molecule has 0 aliphatic rings. The summed E-state index contributed by atoms with van der Waals surface area (Å²) < 4.78 is 12.9. The molecule has 2 nitrogen and oxygen atoms in total. The van der Waals surface area contributed by atoms with Crippen molar-refractivity contribution in [1.29, 1.82) is 0 Å². The van der Waals surface area contributed by atoms with Crippen LogP contribution in [-0.4, -0.2) is 17.6 Å². The Morgan fingerprint density at radius 1 is 1.29 bits per heavy atom. The molecule has 0 bridgehead atoms. The van der Waals surface area contributed by atoms with Gasteiger partial charge in [-0.05, 0) is 37.9 Å². The Morgan fingerprint density at radius 3 is 2.47 bits per heavy atom. The third-order valence-electron chi connectivity index (χ3n) is 3.07. The minimum atomic E-state index is -0.273. The van der Waals surface area contributed by atoms with E-state index in [1.807, 2.05) is 0 Å². The molecule has 3 heteroatoms. The van der Waals surface area contributed by atoms with Crippen molar-refractivity contribution in [1.82, 2.24) is 10.3 Å². The molecular weight excluding hydrogens is 215 g/mol. The van der Waals surface area contributed by atoms with E-state index in [0.717, 1.165) is 18.7 Å². The second-order valence-electron chi connectivity index (χ2n) is 4.91. The van der Waals surface area contributed by atoms with Crippen molar-refractivity contribution in [2.75, 3.05) is 6.54 Å². The maximum atomic E-state index is 12.9. The van der Waals surface area contributed by atoms with E-state index in [9.17, 15) is 4.39 Å². The van der Waals surface area contributed by atoms with Crippen LogP contribution in [0.3, 0.4) is 0 Å². The molecule has 0 saturated heterocycles. The number of aromatic nitrogens is 1. The Kier molecular flexibility index (Phi) is 5.56. The largest absolute Gasteiger partial charge is 0.314 e. The molecule has 1 N–H and O–H groups in total. The van der Waals surface area contributed by atoms with E-state index in [1.54, 1.807) is 6.07 Å². The van der Waals surface area contributed by atoms with E-state index in [0.29, 0.717) is 17.9 Å². The van der Waals surface area contributed by atoms with E-state index in [2.05, 4.69) is 38.0 Å². The number of rotatable bonds is 6. The molecule has 1 aromatic heterocycles. The van der Waals surface area contributed by atoms with Crippen LogP contribution in [0.1, 0.15) is 45.7 Å². The van der Waals surface area contributed by atoms with E-state index in [-0.39, 0.29) is 5.82 Å². The Morgan fingerprint density at radius 2 is 2.00 bits per heavy atom. The summed E-state index contributed by atoms with van der Waals surface area (Å²) in [5, 5.41) is 3.49. The van der Waals surface area contributed by atoms with Crippen molar-refractivity contribution in [2.24, 2.45) is 5.92 Å². The summed E-state index contributed by atoms with van der Waals surface area (Å²) in [6.07, 6.45) is 2.42. The molecular formula is C14H23FN2. The molecule has 2 atom stereocenters. The Bertz CT molecular complexity index is 321. The molecule has 2 unspecified atom stereocenters. The van der Waals surface area contributed by atoms with Gasteiger partial charge in [0.25, 0.3) is 0 Å². The van der Waals surface area contributed by atoms with Crippen molar-refractivity contribution in [3.63, 3.8) is 0 Å². The van der Waals surface area contributed by atoms with Crippen LogP contribution < -0.4 is 5.32 Å². The molecule has 17 heavy (non-hydrogen) atoms. The molecule has 0 amide bonds. The van der Waals surface area contributed by atoms with Crippen molar-refractivity contribution in [3.8, 4) is 0 Å². The van der Waals surface area contributed by atoms with Crippen LogP contribution in [0.5, 0.6) is 0 Å². The SMILES string of the molecule is CCCNC(C)C(c1ccc(F)cn1)C(C)C. The van der Waals surface area contributed by atoms with Crippen molar-refractivity contribution in [3.05, 3.63) is 29.8 Å². The van der Waals surface area contributed by atoms with Gasteiger partial charge in [0.2, 0.25) is 0 Å². The normalized spacial score (nSPS) is 14.9. The lowest BCUT2D eigenvalue weighted by molar-refractivity contribution is 0.370. The summed E-state index contributed by atoms with van der Waals surface area (Å²) in [4.78, 5) is 4.21. The highest BCUT2D eigenvalue weighted by Gasteiger charge is 2.23. The lowest BCUT2D eigenvalue weighted by Crippen LogP contribution is -2.35. The average molecular weight is 238 g/mol. The molecule has 0 saturated carbocycles. The fourth-order valence-electron chi connectivity index (χ4n) is 2.26. The molecule has 0 fully saturated rings. The summed E-state index contributed by atoms with van der Waals surface area (Å²) in [6, 6.07) is 3.64. The van der Waals surface area contributed by atoms with Crippen LogP contribution in [0.2, 0.25) is 0 Å². The minimum Gasteiger partial charge on any atom is -0.314 e. The van der Waals surface area contributed by atoms with Crippen LogP contribution in [0.15, 0.2) is 18.3 Å². The third-order valence-corrected chi connectivity index (χ3v) is 3.07. The number of nitrogens with one attached hydrogen (secondary N) is 1. The highest BCUT2D eigenvalue weighted by molar-refractivity contribution is 5.13. The lowest BCUT2D eigenvalue weighted by Gasteiger charge is -2.27. The van der Waals surface area contributed by atoms with Crippen molar-refractivity contribution < 1.29 is 4.39 Å². The Balaban J connectivity index is 2.81. The van der Waals surface area contributed by atoms with Crippen LogP contribution in [0, 0.1) is 11.7 Å². The minimum absolute atomic E-state index is 0.273. The molecule has 0 radical (unpaired) electrons. The van der Waals surface area contributed by atoms with Gasteiger partial charge in [0.1, 0.15) is 5.82 Å². The van der Waals surface area contributed by atoms with Gasteiger partial charge < -0.3 is 5.32 Å². The van der Waals surface area contributed by atoms with E-state index >= 15 is 0 Å². The molecule has 1 aromatic rings. The fourth-order valence-corrected chi connectivity index (χ4v) is 2.26. The molecule has 96 valence electrons. The third kappa shape index (κ3) is 4.08. The average Bonchev–Trinajstić information content (AvgIpc) is 2.29. The Hall–Kier alpha value is -0.960. The van der Waals surface area contributed by atoms with Crippen LogP contribution in [0.4, 0.5) is 4.39 Å². The summed E-state index contributed by atoms with van der Waals surface area (Å²) in [7, 11) is 0. The van der Waals surface area contributed by atoms with Gasteiger partial charge >= 0.3 is 0 Å². The maximum absolute atomic E-state index is 12.9. The highest BCUT2D eigenvalue weighted by atomic mass is 19.1. The van der Waals surface area contributed by atoms with Gasteiger partial charge in [-0.15, -0.1) is 0 Å². The van der Waals surface area contributed by atoms with Gasteiger partial charge in [-0.2, -0.15) is 0 Å². The quantitative estimate of drug-likeness (QED) is 0.822. The number of pyridine rings is 1. The van der Waals surface area contributed by atoms with Gasteiger partial charge in [0, 0.05) is 17.7 Å². The number of hydrogen-bond acceptors (Lipinski definition) is 2. The predicted molar refractivity (Wildman–Crippen MR) is 69.5 cm³/mol. The molecule has 0 spiro atoms. The number of hydrogen-bond donors (Lipinski definition) is 1. The smallest absolute Gasteiger partial charge is 0.141 e. The first-order valence-electron chi connectivity index (χ1n) is 6.41. The van der Waals surface area contributed by atoms with Crippen molar-refractivity contribution >= 4 is 0 Å². The summed E-state index contributed by atoms with van der Waals surface area (Å²) in [6.45, 7) is 9.69. The van der Waals surface area contributed by atoms with Gasteiger partial charge in [-0.1, -0.05) is 20.8 Å². The van der Waals surface area contributed by atoms with Gasteiger partial charge in [0.15, 0.2) is 0 Å². The highest BCUT2D eigenvalue weighted by Crippen LogP contribution is 2.26. The van der Waals surface area contributed by atoms with E-state index in [1.165, 1.54) is 12.3 Å². The monoisotopic (exact) mass is 238 g/mol. The zero-order valence-corrected chi connectivity index (χ0v) is 11.2. The van der Waals surface area contributed by atoms with Gasteiger partial charge in [-0.3, -0.25) is 4.98 Å². The van der Waals surface area contributed by atoms with Crippen molar-refractivity contribution in [2.45, 2.75) is 46.1 Å². The number of halogens is 1. The summed E-state index contributed by atoms with van der Waals surface area (Å²) in [5.41, 5.74) is 0.970.